The van der Waals surface area contributed by atoms with Gasteiger partial charge in [-0.2, -0.15) is 5.10 Å². The Hall–Kier alpha value is -1.27. The number of nitrogens with zero attached hydrogens (tertiary/aromatic N) is 3. The summed E-state index contributed by atoms with van der Waals surface area (Å²) in [5.74, 6) is 0.141. The van der Waals surface area contributed by atoms with Gasteiger partial charge in [-0.05, 0) is 39.0 Å². The fourth-order valence-electron chi connectivity index (χ4n) is 3.28. The van der Waals surface area contributed by atoms with Gasteiger partial charge < -0.3 is 10.2 Å². The summed E-state index contributed by atoms with van der Waals surface area (Å²) < 4.78 is 1.79. The lowest BCUT2D eigenvalue weighted by molar-refractivity contribution is -0.133. The third-order valence-electron chi connectivity index (χ3n) is 4.73. The van der Waals surface area contributed by atoms with Crippen molar-refractivity contribution in [3.8, 4) is 5.69 Å². The Balaban J connectivity index is 0.00000243. The average molecular weight is 418 g/mol. The fourth-order valence-corrected chi connectivity index (χ4v) is 3.77. The Morgan fingerprint density at radius 3 is 2.73 bits per heavy atom. The van der Waals surface area contributed by atoms with Crippen LogP contribution in [-0.2, 0) is 11.2 Å². The number of aromatic nitrogens is 2. The molecule has 0 saturated carbocycles. The first-order chi connectivity index (χ1) is 11.9. The first-order valence-electron chi connectivity index (χ1n) is 8.39. The molecular formula is C18H23Cl3N4O. The maximum absolute atomic E-state index is 12.8. The minimum Gasteiger partial charge on any atom is -0.337 e. The highest BCUT2D eigenvalue weighted by Gasteiger charge is 2.25. The number of rotatable bonds is 3. The van der Waals surface area contributed by atoms with E-state index < -0.39 is 0 Å². The van der Waals surface area contributed by atoms with Crippen molar-refractivity contribution in [2.75, 3.05) is 19.6 Å². The minimum absolute atomic E-state index is 0. The zero-order chi connectivity index (χ0) is 18.1. The van der Waals surface area contributed by atoms with Gasteiger partial charge in [0.1, 0.15) is 0 Å². The van der Waals surface area contributed by atoms with Crippen LogP contribution < -0.4 is 5.32 Å². The number of hydrogen-bond acceptors (Lipinski definition) is 3. The highest BCUT2D eigenvalue weighted by molar-refractivity contribution is 6.35. The molecule has 8 heteroatoms. The molecule has 2 heterocycles. The summed E-state index contributed by atoms with van der Waals surface area (Å²) in [5.41, 5.74) is 3.50. The van der Waals surface area contributed by atoms with E-state index in [0.29, 0.717) is 16.5 Å². The van der Waals surface area contributed by atoms with E-state index in [9.17, 15) is 4.79 Å². The van der Waals surface area contributed by atoms with Crippen LogP contribution in [0.2, 0.25) is 10.0 Å². The van der Waals surface area contributed by atoms with Crippen molar-refractivity contribution >= 4 is 41.5 Å². The SMILES string of the molecule is Cc1nn(-c2ccc(Cl)cc2Cl)c(C)c1CC(=O)N1CCNCC1C.Cl. The number of hydrogen-bond donors (Lipinski definition) is 1. The number of amides is 1. The van der Waals surface area contributed by atoms with E-state index in [1.165, 1.54) is 0 Å². The molecule has 3 rings (SSSR count). The Morgan fingerprint density at radius 2 is 2.08 bits per heavy atom. The summed E-state index contributed by atoms with van der Waals surface area (Å²) >= 11 is 12.3. The predicted octanol–water partition coefficient (Wildman–Crippen LogP) is 3.58. The minimum atomic E-state index is 0. The predicted molar refractivity (Wildman–Crippen MR) is 108 cm³/mol. The highest BCUT2D eigenvalue weighted by Crippen LogP contribution is 2.27. The zero-order valence-corrected chi connectivity index (χ0v) is 17.4. The lowest BCUT2D eigenvalue weighted by atomic mass is 10.1. The summed E-state index contributed by atoms with van der Waals surface area (Å²) in [4.78, 5) is 14.7. The molecule has 1 aromatic carbocycles. The molecule has 1 unspecified atom stereocenters. The summed E-state index contributed by atoms with van der Waals surface area (Å²) in [6, 6.07) is 5.53. The van der Waals surface area contributed by atoms with Gasteiger partial charge in [0.05, 0.1) is 22.8 Å². The molecular weight excluding hydrogens is 395 g/mol. The molecule has 1 aliphatic heterocycles. The molecule has 1 N–H and O–H groups in total. The highest BCUT2D eigenvalue weighted by atomic mass is 35.5. The van der Waals surface area contributed by atoms with Crippen LogP contribution in [0.4, 0.5) is 0 Å². The van der Waals surface area contributed by atoms with E-state index in [4.69, 9.17) is 23.2 Å². The van der Waals surface area contributed by atoms with E-state index in [-0.39, 0.29) is 24.4 Å². The Kier molecular flexibility index (Phi) is 6.97. The normalized spacial score (nSPS) is 17.1. The van der Waals surface area contributed by atoms with Crippen LogP contribution >= 0.6 is 35.6 Å². The number of piperazine rings is 1. The van der Waals surface area contributed by atoms with E-state index in [1.807, 2.05) is 24.8 Å². The van der Waals surface area contributed by atoms with Crippen LogP contribution in [0.5, 0.6) is 0 Å². The van der Waals surface area contributed by atoms with Crippen LogP contribution in [0.1, 0.15) is 23.9 Å². The molecule has 26 heavy (non-hydrogen) atoms. The van der Waals surface area contributed by atoms with Crippen LogP contribution in [0.3, 0.4) is 0 Å². The topological polar surface area (TPSA) is 50.2 Å². The summed E-state index contributed by atoms with van der Waals surface area (Å²) in [6.07, 6.45) is 0.354. The molecule has 0 aliphatic carbocycles. The summed E-state index contributed by atoms with van der Waals surface area (Å²) in [6.45, 7) is 8.39. The van der Waals surface area contributed by atoms with Gasteiger partial charge in [0, 0.05) is 42.0 Å². The number of carbonyl (C=O) groups is 1. The van der Waals surface area contributed by atoms with Gasteiger partial charge in [0.15, 0.2) is 0 Å². The molecule has 5 nitrogen and oxygen atoms in total. The number of nitrogens with one attached hydrogen (secondary N) is 1. The maximum atomic E-state index is 12.8. The average Bonchev–Trinajstić information content (AvgIpc) is 2.83. The van der Waals surface area contributed by atoms with Crippen molar-refractivity contribution in [3.63, 3.8) is 0 Å². The molecule has 2 aromatic rings. The molecule has 1 fully saturated rings. The van der Waals surface area contributed by atoms with Crippen LogP contribution in [-0.4, -0.2) is 46.3 Å². The molecule has 0 bridgehead atoms. The Morgan fingerprint density at radius 1 is 1.35 bits per heavy atom. The van der Waals surface area contributed by atoms with Crippen LogP contribution in [0.15, 0.2) is 18.2 Å². The molecule has 0 radical (unpaired) electrons. The second-order valence-corrected chi connectivity index (χ2v) is 7.32. The van der Waals surface area contributed by atoms with Gasteiger partial charge in [-0.1, -0.05) is 23.2 Å². The number of carbonyl (C=O) groups excluding carboxylic acids is 1. The van der Waals surface area contributed by atoms with E-state index in [0.717, 1.165) is 42.3 Å². The lowest BCUT2D eigenvalue weighted by Crippen LogP contribution is -2.52. The molecule has 142 valence electrons. The first kappa shape index (κ1) is 21.0. The van der Waals surface area contributed by atoms with Gasteiger partial charge in [0.25, 0.3) is 0 Å². The van der Waals surface area contributed by atoms with Crippen molar-refractivity contribution in [1.29, 1.82) is 0 Å². The van der Waals surface area contributed by atoms with Gasteiger partial charge in [-0.3, -0.25) is 4.79 Å². The van der Waals surface area contributed by atoms with Crippen molar-refractivity contribution in [3.05, 3.63) is 45.2 Å². The quantitative estimate of drug-likeness (QED) is 0.830. The Bertz CT molecular complexity index is 806. The van der Waals surface area contributed by atoms with Crippen LogP contribution in [0, 0.1) is 13.8 Å². The monoisotopic (exact) mass is 416 g/mol. The van der Waals surface area contributed by atoms with Gasteiger partial charge in [-0.15, -0.1) is 12.4 Å². The van der Waals surface area contributed by atoms with Gasteiger partial charge in [0.2, 0.25) is 5.91 Å². The van der Waals surface area contributed by atoms with Gasteiger partial charge in [-0.25, -0.2) is 4.68 Å². The van der Waals surface area contributed by atoms with Gasteiger partial charge >= 0.3 is 0 Å². The third-order valence-corrected chi connectivity index (χ3v) is 5.27. The molecule has 0 spiro atoms. The van der Waals surface area contributed by atoms with Crippen molar-refractivity contribution < 1.29 is 4.79 Å². The van der Waals surface area contributed by atoms with Crippen molar-refractivity contribution in [2.24, 2.45) is 0 Å². The number of benzene rings is 1. The fraction of sp³-hybridized carbons (Fsp3) is 0.444. The Labute approximate surface area is 170 Å². The standard InChI is InChI=1S/C18H22Cl2N4O.ClH/c1-11-10-21-6-7-23(11)18(25)9-15-12(2)22-24(13(15)3)17-5-4-14(19)8-16(17)20;/h4-5,8,11,21H,6-7,9-10H2,1-3H3;1H. The largest absolute Gasteiger partial charge is 0.337 e. The van der Waals surface area contributed by atoms with Crippen molar-refractivity contribution in [1.82, 2.24) is 20.0 Å². The molecule has 1 atom stereocenters. The lowest BCUT2D eigenvalue weighted by Gasteiger charge is -2.34. The second kappa shape index (κ2) is 8.61. The second-order valence-electron chi connectivity index (χ2n) is 6.47. The zero-order valence-electron chi connectivity index (χ0n) is 15.1. The third kappa shape index (κ3) is 4.17. The summed E-state index contributed by atoms with van der Waals surface area (Å²) in [5, 5.41) is 9.02. The van der Waals surface area contributed by atoms with Crippen molar-refractivity contribution in [2.45, 2.75) is 33.2 Å². The molecule has 1 aromatic heterocycles. The maximum Gasteiger partial charge on any atom is 0.227 e. The van der Waals surface area contributed by atoms with Crippen LogP contribution in [0.25, 0.3) is 5.69 Å². The van der Waals surface area contributed by atoms with E-state index in [1.54, 1.807) is 16.8 Å². The number of aryl methyl sites for hydroxylation is 1. The summed E-state index contributed by atoms with van der Waals surface area (Å²) in [7, 11) is 0. The smallest absolute Gasteiger partial charge is 0.227 e. The molecule has 1 aliphatic rings. The van der Waals surface area contributed by atoms with E-state index >= 15 is 0 Å². The molecule has 1 amide bonds. The number of halogens is 3. The first-order valence-corrected chi connectivity index (χ1v) is 9.14. The van der Waals surface area contributed by atoms with E-state index in [2.05, 4.69) is 17.3 Å². The molecule has 1 saturated heterocycles.